The summed E-state index contributed by atoms with van der Waals surface area (Å²) < 4.78 is 11.9. The number of para-hydroxylation sites is 2. The molecular weight excluding hydrogens is 508 g/mol. The van der Waals surface area contributed by atoms with Crippen molar-refractivity contribution in [2.24, 2.45) is 0 Å². The van der Waals surface area contributed by atoms with Gasteiger partial charge in [0.15, 0.2) is 11.5 Å². The zero-order valence-corrected chi connectivity index (χ0v) is 20.0. The first-order valence-corrected chi connectivity index (χ1v) is 11.3. The van der Waals surface area contributed by atoms with Crippen molar-refractivity contribution < 1.29 is 19.1 Å². The molecule has 3 aromatic carbocycles. The molecule has 4 rings (SSSR count). The number of amides is 2. The second-order valence-electron chi connectivity index (χ2n) is 7.23. The predicted octanol–water partition coefficient (Wildman–Crippen LogP) is 5.19. The summed E-state index contributed by atoms with van der Waals surface area (Å²) in [4.78, 5) is 27.4. The molecule has 0 bridgehead atoms. The lowest BCUT2D eigenvalue weighted by Gasteiger charge is -2.30. The molecule has 0 saturated carbocycles. The van der Waals surface area contributed by atoms with Crippen LogP contribution in [-0.2, 0) is 16.1 Å². The maximum Gasteiger partial charge on any atom is 0.294 e. The number of fused-ring (bicyclic) bond motifs is 1. The summed E-state index contributed by atoms with van der Waals surface area (Å²) in [6.07, 6.45) is 1.64. The lowest BCUT2D eigenvalue weighted by Crippen LogP contribution is -2.44. The van der Waals surface area contributed by atoms with Crippen molar-refractivity contribution in [1.29, 1.82) is 0 Å². The van der Waals surface area contributed by atoms with Crippen LogP contribution in [0.4, 0.5) is 5.69 Å². The molecule has 1 aliphatic heterocycles. The van der Waals surface area contributed by atoms with Gasteiger partial charge in [0.25, 0.3) is 5.91 Å². The molecule has 0 aromatic heterocycles. The molecule has 0 radical (unpaired) electrons. The van der Waals surface area contributed by atoms with Gasteiger partial charge in [-0.1, -0.05) is 48.0 Å². The molecule has 168 valence electrons. The van der Waals surface area contributed by atoms with Gasteiger partial charge in [0.2, 0.25) is 5.91 Å². The number of carbonyl (C=O) groups is 2. The van der Waals surface area contributed by atoms with E-state index in [4.69, 9.17) is 21.1 Å². The second kappa shape index (κ2) is 10.1. The summed E-state index contributed by atoms with van der Waals surface area (Å²) in [6.45, 7) is 0.106. The first-order chi connectivity index (χ1) is 16.0. The summed E-state index contributed by atoms with van der Waals surface area (Å²) in [5.41, 5.74) is 2.07. The Morgan fingerprint density at radius 3 is 2.67 bits per heavy atom. The molecule has 0 spiro atoms. The number of benzene rings is 3. The van der Waals surface area contributed by atoms with Crippen molar-refractivity contribution >= 4 is 51.1 Å². The van der Waals surface area contributed by atoms with Crippen LogP contribution in [0.5, 0.6) is 11.5 Å². The van der Waals surface area contributed by atoms with Crippen molar-refractivity contribution in [3.63, 3.8) is 0 Å². The number of nitrogens with zero attached hydrogens (tertiary/aromatic N) is 1. The van der Waals surface area contributed by atoms with E-state index in [1.54, 1.807) is 43.5 Å². The summed E-state index contributed by atoms with van der Waals surface area (Å²) in [5, 5.41) is 3.40. The maximum atomic E-state index is 13.3. The average Bonchev–Trinajstić information content (AvgIpc) is 2.81. The van der Waals surface area contributed by atoms with Crippen molar-refractivity contribution in [2.75, 3.05) is 18.6 Å². The molecule has 0 unspecified atom stereocenters. The van der Waals surface area contributed by atoms with Gasteiger partial charge in [-0.3, -0.25) is 14.5 Å². The summed E-state index contributed by atoms with van der Waals surface area (Å²) >= 11 is 9.61. The standard InChI is InChI=1S/C25H20BrClN2O4/c1-32-21-11-10-16(12-18(21)26)13-23-25(31)29(20-8-4-5-9-22(20)33-23)15-24(30)28-14-17-6-2-3-7-19(17)27/h2-13H,14-15H2,1H3,(H,28,30)/b23-13-. The SMILES string of the molecule is COc1ccc(/C=C2\Oc3ccccc3N(CC(=O)NCc3ccccc3Cl)C2=O)cc1Br. The largest absolute Gasteiger partial charge is 0.496 e. The number of hydrogen-bond acceptors (Lipinski definition) is 4. The monoisotopic (exact) mass is 526 g/mol. The van der Waals surface area contributed by atoms with Crippen LogP contribution in [0.25, 0.3) is 6.08 Å². The molecule has 1 heterocycles. The lowest BCUT2D eigenvalue weighted by atomic mass is 10.1. The number of hydrogen-bond donors (Lipinski definition) is 1. The Labute approximate surface area is 204 Å². The molecule has 8 heteroatoms. The van der Waals surface area contributed by atoms with Gasteiger partial charge < -0.3 is 14.8 Å². The van der Waals surface area contributed by atoms with Crippen LogP contribution < -0.4 is 19.7 Å². The zero-order valence-electron chi connectivity index (χ0n) is 17.7. The minimum absolute atomic E-state index is 0.115. The first kappa shape index (κ1) is 22.9. The number of methoxy groups -OCH3 is 1. The molecule has 3 aromatic rings. The Balaban J connectivity index is 1.56. The van der Waals surface area contributed by atoms with E-state index < -0.39 is 5.91 Å². The number of rotatable bonds is 6. The fourth-order valence-electron chi connectivity index (χ4n) is 3.38. The third-order valence-electron chi connectivity index (χ3n) is 5.04. The van der Waals surface area contributed by atoms with Crippen LogP contribution in [0.1, 0.15) is 11.1 Å². The van der Waals surface area contributed by atoms with Crippen LogP contribution in [0, 0.1) is 0 Å². The molecule has 0 fully saturated rings. The van der Waals surface area contributed by atoms with Gasteiger partial charge in [-0.2, -0.15) is 0 Å². The Kier molecular flexibility index (Phi) is 7.01. The Hall–Kier alpha value is -3.29. The quantitative estimate of drug-likeness (QED) is 0.448. The van der Waals surface area contributed by atoms with E-state index in [0.29, 0.717) is 22.2 Å². The van der Waals surface area contributed by atoms with Gasteiger partial charge in [0.1, 0.15) is 12.3 Å². The highest BCUT2D eigenvalue weighted by atomic mass is 79.9. The maximum absolute atomic E-state index is 13.3. The van der Waals surface area contributed by atoms with Gasteiger partial charge in [-0.15, -0.1) is 0 Å². The van der Waals surface area contributed by atoms with Crippen molar-refractivity contribution in [1.82, 2.24) is 5.32 Å². The molecule has 6 nitrogen and oxygen atoms in total. The third kappa shape index (κ3) is 5.21. The fourth-order valence-corrected chi connectivity index (χ4v) is 4.14. The smallest absolute Gasteiger partial charge is 0.294 e. The summed E-state index contributed by atoms with van der Waals surface area (Å²) in [6, 6.07) is 19.8. The van der Waals surface area contributed by atoms with Crippen molar-refractivity contribution in [3.05, 3.63) is 93.1 Å². The van der Waals surface area contributed by atoms with E-state index in [2.05, 4.69) is 21.2 Å². The molecule has 33 heavy (non-hydrogen) atoms. The predicted molar refractivity (Wildman–Crippen MR) is 131 cm³/mol. The van der Waals surface area contributed by atoms with E-state index in [9.17, 15) is 9.59 Å². The molecule has 0 aliphatic carbocycles. The van der Waals surface area contributed by atoms with Gasteiger partial charge >= 0.3 is 0 Å². The van der Waals surface area contributed by atoms with Crippen LogP contribution >= 0.6 is 27.5 Å². The normalized spacial score (nSPS) is 14.0. The zero-order chi connectivity index (χ0) is 23.4. The third-order valence-corrected chi connectivity index (χ3v) is 6.03. The second-order valence-corrected chi connectivity index (χ2v) is 8.49. The Bertz CT molecular complexity index is 1240. The number of carbonyl (C=O) groups excluding carboxylic acids is 2. The number of nitrogens with one attached hydrogen (secondary N) is 1. The van der Waals surface area contributed by atoms with Gasteiger partial charge in [0.05, 0.1) is 17.3 Å². The van der Waals surface area contributed by atoms with Crippen LogP contribution in [0.2, 0.25) is 5.02 Å². The topological polar surface area (TPSA) is 67.9 Å². The molecule has 0 atom stereocenters. The summed E-state index contributed by atoms with van der Waals surface area (Å²) in [5.74, 6) is 0.565. The molecule has 1 aliphatic rings. The van der Waals surface area contributed by atoms with Gasteiger partial charge in [-0.25, -0.2) is 0 Å². The van der Waals surface area contributed by atoms with E-state index in [1.807, 2.05) is 36.4 Å². The van der Waals surface area contributed by atoms with Crippen LogP contribution in [0.15, 0.2) is 77.0 Å². The van der Waals surface area contributed by atoms with Crippen LogP contribution in [-0.4, -0.2) is 25.5 Å². The van der Waals surface area contributed by atoms with Crippen molar-refractivity contribution in [2.45, 2.75) is 6.54 Å². The minimum atomic E-state index is -0.409. The minimum Gasteiger partial charge on any atom is -0.496 e. The number of anilines is 1. The molecular formula is C25H20BrClN2O4. The highest BCUT2D eigenvalue weighted by Gasteiger charge is 2.31. The lowest BCUT2D eigenvalue weighted by molar-refractivity contribution is -0.123. The molecule has 2 amide bonds. The number of halogens is 2. The van der Waals surface area contributed by atoms with E-state index in [0.717, 1.165) is 15.6 Å². The Morgan fingerprint density at radius 1 is 1.15 bits per heavy atom. The van der Waals surface area contributed by atoms with Gasteiger partial charge in [0, 0.05) is 11.6 Å². The van der Waals surface area contributed by atoms with Crippen LogP contribution in [0.3, 0.4) is 0 Å². The fraction of sp³-hybridized carbons (Fsp3) is 0.120. The molecule has 1 N–H and O–H groups in total. The highest BCUT2D eigenvalue weighted by molar-refractivity contribution is 9.10. The Morgan fingerprint density at radius 2 is 1.91 bits per heavy atom. The number of ether oxygens (including phenoxy) is 2. The van der Waals surface area contributed by atoms with E-state index >= 15 is 0 Å². The van der Waals surface area contributed by atoms with E-state index in [-0.39, 0.29) is 24.8 Å². The average molecular weight is 528 g/mol. The van der Waals surface area contributed by atoms with Crippen molar-refractivity contribution in [3.8, 4) is 11.5 Å². The first-order valence-electron chi connectivity index (χ1n) is 10.1. The highest BCUT2D eigenvalue weighted by Crippen LogP contribution is 2.36. The molecule has 0 saturated heterocycles. The summed E-state index contributed by atoms with van der Waals surface area (Å²) in [7, 11) is 1.58. The van der Waals surface area contributed by atoms with Gasteiger partial charge in [-0.05, 0) is 63.5 Å². The van der Waals surface area contributed by atoms with E-state index in [1.165, 1.54) is 4.90 Å².